The van der Waals surface area contributed by atoms with Gasteiger partial charge in [0.15, 0.2) is 0 Å². The number of nitrogens with zero attached hydrogens (tertiary/aromatic N) is 5. The van der Waals surface area contributed by atoms with Crippen molar-refractivity contribution in [2.24, 2.45) is 0 Å². The molecule has 0 spiro atoms. The lowest BCUT2D eigenvalue weighted by Crippen LogP contribution is -2.44. The standard InChI is InChI=1S/C16H22N6/c1-20-8-10-22(11-9-20)15-12-14(18-16(17)19-15)21(2)13-6-4-3-5-7-13/h3-7,12H,8-11H2,1-2H3,(H2,17,18,19). The van der Waals surface area contributed by atoms with E-state index < -0.39 is 0 Å². The topological polar surface area (TPSA) is 61.5 Å². The van der Waals surface area contributed by atoms with Gasteiger partial charge in [-0.3, -0.25) is 0 Å². The van der Waals surface area contributed by atoms with Crippen LogP contribution in [0.15, 0.2) is 36.4 Å². The molecule has 1 fully saturated rings. The predicted molar refractivity (Wildman–Crippen MR) is 90.7 cm³/mol. The Balaban J connectivity index is 1.87. The van der Waals surface area contributed by atoms with Crippen LogP contribution in [0.25, 0.3) is 0 Å². The zero-order chi connectivity index (χ0) is 15.5. The summed E-state index contributed by atoms with van der Waals surface area (Å²) in [6.07, 6.45) is 0. The molecule has 0 amide bonds. The quantitative estimate of drug-likeness (QED) is 0.928. The van der Waals surface area contributed by atoms with E-state index in [2.05, 4.69) is 26.8 Å². The van der Waals surface area contributed by atoms with Crippen molar-refractivity contribution in [3.8, 4) is 0 Å². The lowest BCUT2D eigenvalue weighted by Gasteiger charge is -2.33. The number of piperazine rings is 1. The molecule has 0 atom stereocenters. The number of likely N-dealkylation sites (N-methyl/N-ethyl adjacent to an activating group) is 1. The fourth-order valence-electron chi connectivity index (χ4n) is 2.59. The van der Waals surface area contributed by atoms with Crippen LogP contribution in [0.4, 0.5) is 23.3 Å². The minimum atomic E-state index is 0.314. The van der Waals surface area contributed by atoms with Gasteiger partial charge in [-0.1, -0.05) is 18.2 Å². The van der Waals surface area contributed by atoms with E-state index in [0.29, 0.717) is 5.95 Å². The molecule has 1 aromatic carbocycles. The van der Waals surface area contributed by atoms with E-state index in [9.17, 15) is 0 Å². The fourth-order valence-corrected chi connectivity index (χ4v) is 2.59. The van der Waals surface area contributed by atoms with Gasteiger partial charge in [0.2, 0.25) is 5.95 Å². The molecule has 2 N–H and O–H groups in total. The Kier molecular flexibility index (Phi) is 4.11. The molecule has 22 heavy (non-hydrogen) atoms. The maximum Gasteiger partial charge on any atom is 0.223 e. The van der Waals surface area contributed by atoms with Crippen molar-refractivity contribution in [3.63, 3.8) is 0 Å². The second-order valence-electron chi connectivity index (χ2n) is 5.63. The highest BCUT2D eigenvalue weighted by Gasteiger charge is 2.17. The van der Waals surface area contributed by atoms with Crippen LogP contribution in [-0.4, -0.2) is 55.1 Å². The van der Waals surface area contributed by atoms with E-state index >= 15 is 0 Å². The Labute approximate surface area is 131 Å². The zero-order valence-electron chi connectivity index (χ0n) is 13.1. The minimum absolute atomic E-state index is 0.314. The Bertz CT molecular complexity index is 622. The lowest BCUT2D eigenvalue weighted by molar-refractivity contribution is 0.312. The Morgan fingerprint density at radius 3 is 2.41 bits per heavy atom. The molecule has 2 aromatic rings. The van der Waals surface area contributed by atoms with E-state index in [1.54, 1.807) is 0 Å². The van der Waals surface area contributed by atoms with Gasteiger partial charge in [-0.25, -0.2) is 0 Å². The molecule has 116 valence electrons. The van der Waals surface area contributed by atoms with Gasteiger partial charge in [0, 0.05) is 45.0 Å². The first-order valence-electron chi connectivity index (χ1n) is 7.50. The summed E-state index contributed by atoms with van der Waals surface area (Å²) in [5, 5.41) is 0. The molecule has 0 unspecified atom stereocenters. The molecule has 6 heteroatoms. The van der Waals surface area contributed by atoms with Crippen LogP contribution in [0.3, 0.4) is 0 Å². The molecule has 3 rings (SSSR count). The predicted octanol–water partition coefficient (Wildman–Crippen LogP) is 1.58. The summed E-state index contributed by atoms with van der Waals surface area (Å²) in [6, 6.07) is 12.1. The number of para-hydroxylation sites is 1. The highest BCUT2D eigenvalue weighted by atomic mass is 15.3. The Morgan fingerprint density at radius 1 is 1.05 bits per heavy atom. The van der Waals surface area contributed by atoms with E-state index in [1.165, 1.54) is 0 Å². The summed E-state index contributed by atoms with van der Waals surface area (Å²) in [6.45, 7) is 3.99. The maximum atomic E-state index is 5.92. The fraction of sp³-hybridized carbons (Fsp3) is 0.375. The van der Waals surface area contributed by atoms with Crippen molar-refractivity contribution in [3.05, 3.63) is 36.4 Å². The van der Waals surface area contributed by atoms with Crippen molar-refractivity contribution in [2.75, 3.05) is 55.8 Å². The number of benzene rings is 1. The summed E-state index contributed by atoms with van der Waals surface area (Å²) in [7, 11) is 4.13. The number of rotatable bonds is 3. The van der Waals surface area contributed by atoms with E-state index in [1.807, 2.05) is 48.3 Å². The SMILES string of the molecule is CN1CCN(c2cc(N(C)c3ccccc3)nc(N)n2)CC1. The number of anilines is 4. The van der Waals surface area contributed by atoms with Crippen LogP contribution in [0.2, 0.25) is 0 Å². The van der Waals surface area contributed by atoms with Crippen LogP contribution >= 0.6 is 0 Å². The number of aromatic nitrogens is 2. The number of nitrogens with two attached hydrogens (primary N) is 1. The first-order valence-corrected chi connectivity index (χ1v) is 7.50. The second-order valence-corrected chi connectivity index (χ2v) is 5.63. The summed E-state index contributed by atoms with van der Waals surface area (Å²) in [5.41, 5.74) is 7.00. The average Bonchev–Trinajstić information content (AvgIpc) is 2.55. The number of hydrogen-bond donors (Lipinski definition) is 1. The third kappa shape index (κ3) is 3.12. The molecular weight excluding hydrogens is 276 g/mol. The van der Waals surface area contributed by atoms with Crippen molar-refractivity contribution in [1.82, 2.24) is 14.9 Å². The molecule has 1 aromatic heterocycles. The van der Waals surface area contributed by atoms with Gasteiger partial charge >= 0.3 is 0 Å². The zero-order valence-corrected chi connectivity index (χ0v) is 13.1. The monoisotopic (exact) mass is 298 g/mol. The highest BCUT2D eigenvalue weighted by molar-refractivity contribution is 5.63. The molecule has 2 heterocycles. The van der Waals surface area contributed by atoms with Crippen LogP contribution in [0.5, 0.6) is 0 Å². The number of hydrogen-bond acceptors (Lipinski definition) is 6. The van der Waals surface area contributed by atoms with Crippen LogP contribution < -0.4 is 15.5 Å². The van der Waals surface area contributed by atoms with Crippen LogP contribution in [0, 0.1) is 0 Å². The van der Waals surface area contributed by atoms with E-state index in [0.717, 1.165) is 43.5 Å². The normalized spacial score (nSPS) is 15.8. The Hall–Kier alpha value is -2.34. The highest BCUT2D eigenvalue weighted by Crippen LogP contribution is 2.25. The number of nitrogen functional groups attached to an aromatic ring is 1. The minimum Gasteiger partial charge on any atom is -0.368 e. The summed E-state index contributed by atoms with van der Waals surface area (Å²) in [5.74, 6) is 2.03. The molecule has 1 aliphatic heterocycles. The molecule has 6 nitrogen and oxygen atoms in total. The smallest absolute Gasteiger partial charge is 0.223 e. The van der Waals surface area contributed by atoms with Crippen molar-refractivity contribution >= 4 is 23.3 Å². The van der Waals surface area contributed by atoms with Crippen molar-refractivity contribution < 1.29 is 0 Å². The third-order valence-electron chi connectivity index (χ3n) is 4.03. The van der Waals surface area contributed by atoms with Gasteiger partial charge in [0.05, 0.1) is 0 Å². The molecule has 1 saturated heterocycles. The average molecular weight is 298 g/mol. The van der Waals surface area contributed by atoms with Gasteiger partial charge in [0.1, 0.15) is 11.6 Å². The van der Waals surface area contributed by atoms with Gasteiger partial charge in [-0.2, -0.15) is 9.97 Å². The van der Waals surface area contributed by atoms with Gasteiger partial charge in [0.25, 0.3) is 0 Å². The molecule has 1 aliphatic rings. The Morgan fingerprint density at radius 2 is 1.73 bits per heavy atom. The summed E-state index contributed by atoms with van der Waals surface area (Å²) < 4.78 is 0. The lowest BCUT2D eigenvalue weighted by atomic mass is 10.3. The molecule has 0 aliphatic carbocycles. The largest absolute Gasteiger partial charge is 0.368 e. The molecular formula is C16H22N6. The second kappa shape index (κ2) is 6.19. The van der Waals surface area contributed by atoms with Gasteiger partial charge < -0.3 is 20.4 Å². The third-order valence-corrected chi connectivity index (χ3v) is 4.03. The first kappa shape index (κ1) is 14.6. The maximum absolute atomic E-state index is 5.92. The molecule has 0 radical (unpaired) electrons. The van der Waals surface area contributed by atoms with Crippen LogP contribution in [0.1, 0.15) is 0 Å². The molecule has 0 bridgehead atoms. The van der Waals surface area contributed by atoms with Crippen molar-refractivity contribution in [1.29, 1.82) is 0 Å². The van der Waals surface area contributed by atoms with Gasteiger partial charge in [-0.15, -0.1) is 0 Å². The summed E-state index contributed by atoms with van der Waals surface area (Å²) in [4.78, 5) is 15.4. The first-order chi connectivity index (χ1) is 10.6. The van der Waals surface area contributed by atoms with E-state index in [-0.39, 0.29) is 0 Å². The summed E-state index contributed by atoms with van der Waals surface area (Å²) >= 11 is 0. The van der Waals surface area contributed by atoms with Gasteiger partial charge in [-0.05, 0) is 19.2 Å². The van der Waals surface area contributed by atoms with E-state index in [4.69, 9.17) is 5.73 Å². The van der Waals surface area contributed by atoms with Crippen molar-refractivity contribution in [2.45, 2.75) is 0 Å². The van der Waals surface area contributed by atoms with Crippen LogP contribution in [-0.2, 0) is 0 Å². The molecule has 0 saturated carbocycles.